The molecule has 2 heterocycles. The Morgan fingerprint density at radius 2 is 1.91 bits per heavy atom. The zero-order chi connectivity index (χ0) is 24.0. The van der Waals surface area contributed by atoms with Crippen molar-refractivity contribution >= 4 is 40.1 Å². The number of nitrogens with one attached hydrogen (secondary N) is 1. The molecule has 2 aromatic heterocycles. The van der Waals surface area contributed by atoms with Crippen molar-refractivity contribution in [2.45, 2.75) is 38.8 Å². The van der Waals surface area contributed by atoms with E-state index in [1.54, 1.807) is 23.8 Å². The van der Waals surface area contributed by atoms with Gasteiger partial charge in [0.15, 0.2) is 0 Å². The maximum absolute atomic E-state index is 13.1. The summed E-state index contributed by atoms with van der Waals surface area (Å²) in [5, 5.41) is 4.44. The van der Waals surface area contributed by atoms with E-state index in [1.807, 2.05) is 60.7 Å². The highest BCUT2D eigenvalue weighted by Crippen LogP contribution is 2.40. The van der Waals surface area contributed by atoms with Crippen LogP contribution in [0.25, 0.3) is 0 Å². The van der Waals surface area contributed by atoms with Gasteiger partial charge in [0.25, 0.3) is 5.91 Å². The monoisotopic (exact) mass is 504 g/mol. The van der Waals surface area contributed by atoms with Crippen LogP contribution in [0.2, 0.25) is 5.02 Å². The molecule has 0 radical (unpaired) electrons. The number of carbonyl (C=O) groups excluding carboxylic acids is 1. The Labute approximate surface area is 213 Å². The number of furan rings is 1. The van der Waals surface area contributed by atoms with Crippen LogP contribution in [0.4, 0.5) is 5.00 Å². The Kier molecular flexibility index (Phi) is 7.31. The third kappa shape index (κ3) is 5.66. The van der Waals surface area contributed by atoms with Gasteiger partial charge in [-0.3, -0.25) is 4.79 Å². The van der Waals surface area contributed by atoms with Gasteiger partial charge in [0.2, 0.25) is 0 Å². The fourth-order valence-corrected chi connectivity index (χ4v) is 5.53. The average Bonchev–Trinajstić information content (AvgIpc) is 3.54. The minimum Gasteiger partial charge on any atom is -0.489 e. The molecule has 0 aliphatic heterocycles. The SMILES string of the molecule is O=C(NCc1ccco1)c1c(N=Cc2ccc(OCc3ccccc3Cl)cc2)sc2c1CCCC2. The number of rotatable bonds is 8. The molecule has 178 valence electrons. The molecule has 0 saturated carbocycles. The quantitative estimate of drug-likeness (QED) is 0.259. The smallest absolute Gasteiger partial charge is 0.255 e. The number of halogens is 1. The Bertz CT molecular complexity index is 1330. The second-order valence-corrected chi connectivity index (χ2v) is 9.85. The van der Waals surface area contributed by atoms with Gasteiger partial charge in [0.05, 0.1) is 18.4 Å². The Morgan fingerprint density at radius 3 is 2.71 bits per heavy atom. The molecule has 1 aliphatic rings. The van der Waals surface area contributed by atoms with Crippen LogP contribution < -0.4 is 10.1 Å². The third-order valence-electron chi connectivity index (χ3n) is 5.95. The third-order valence-corrected chi connectivity index (χ3v) is 7.51. The molecule has 2 aromatic carbocycles. The van der Waals surface area contributed by atoms with E-state index in [4.69, 9.17) is 25.7 Å². The molecule has 4 aromatic rings. The van der Waals surface area contributed by atoms with Crippen LogP contribution in [0.15, 0.2) is 76.3 Å². The molecule has 0 saturated heterocycles. The molecule has 0 spiro atoms. The minimum atomic E-state index is -0.101. The van der Waals surface area contributed by atoms with Crippen LogP contribution >= 0.6 is 22.9 Å². The fourth-order valence-electron chi connectivity index (χ4n) is 4.11. The van der Waals surface area contributed by atoms with Crippen molar-refractivity contribution in [2.24, 2.45) is 4.99 Å². The van der Waals surface area contributed by atoms with Crippen LogP contribution in [0.5, 0.6) is 5.75 Å². The van der Waals surface area contributed by atoms with Crippen molar-refractivity contribution in [2.75, 3.05) is 0 Å². The van der Waals surface area contributed by atoms with Crippen molar-refractivity contribution in [1.29, 1.82) is 0 Å². The normalized spacial score (nSPS) is 13.1. The van der Waals surface area contributed by atoms with E-state index in [0.717, 1.165) is 58.9 Å². The molecule has 5 nitrogen and oxygen atoms in total. The van der Waals surface area contributed by atoms with E-state index in [1.165, 1.54) is 4.88 Å². The molecule has 1 amide bonds. The van der Waals surface area contributed by atoms with Crippen LogP contribution in [-0.2, 0) is 26.0 Å². The number of aryl methyl sites for hydroxylation is 1. The van der Waals surface area contributed by atoms with Gasteiger partial charge in [-0.2, -0.15) is 0 Å². The Balaban J connectivity index is 1.29. The summed E-state index contributed by atoms with van der Waals surface area (Å²) in [4.78, 5) is 19.1. The molecule has 0 bridgehead atoms. The number of thiophene rings is 1. The van der Waals surface area contributed by atoms with Crippen molar-refractivity contribution in [3.05, 3.63) is 105 Å². The molecule has 5 rings (SSSR count). The highest BCUT2D eigenvalue weighted by molar-refractivity contribution is 7.16. The van der Waals surface area contributed by atoms with Crippen LogP contribution in [-0.4, -0.2) is 12.1 Å². The fraction of sp³-hybridized carbons (Fsp3) is 0.214. The average molecular weight is 505 g/mol. The van der Waals surface area contributed by atoms with Crippen molar-refractivity contribution < 1.29 is 13.9 Å². The van der Waals surface area contributed by atoms with Crippen molar-refractivity contribution in [3.8, 4) is 5.75 Å². The lowest BCUT2D eigenvalue weighted by molar-refractivity contribution is 0.0948. The predicted molar refractivity (Wildman–Crippen MR) is 140 cm³/mol. The number of ether oxygens (including phenoxy) is 1. The maximum atomic E-state index is 13.1. The molecule has 0 unspecified atom stereocenters. The molecule has 7 heteroatoms. The zero-order valence-corrected chi connectivity index (χ0v) is 20.7. The lowest BCUT2D eigenvalue weighted by Crippen LogP contribution is -2.23. The topological polar surface area (TPSA) is 63.8 Å². The van der Waals surface area contributed by atoms with Crippen molar-refractivity contribution in [3.63, 3.8) is 0 Å². The first-order valence-corrected chi connectivity index (χ1v) is 12.8. The van der Waals surface area contributed by atoms with Gasteiger partial charge in [-0.15, -0.1) is 11.3 Å². The summed E-state index contributed by atoms with van der Waals surface area (Å²) in [7, 11) is 0. The molecule has 0 atom stereocenters. The van der Waals surface area contributed by atoms with Gasteiger partial charge < -0.3 is 14.5 Å². The number of nitrogens with zero attached hydrogens (tertiary/aromatic N) is 1. The van der Waals surface area contributed by atoms with Crippen molar-refractivity contribution in [1.82, 2.24) is 5.32 Å². The summed E-state index contributed by atoms with van der Waals surface area (Å²) in [5.74, 6) is 1.38. The van der Waals surface area contributed by atoms with Gasteiger partial charge in [0, 0.05) is 21.7 Å². The Hall–Kier alpha value is -3.35. The first-order valence-electron chi connectivity index (χ1n) is 11.6. The van der Waals surface area contributed by atoms with E-state index < -0.39 is 0 Å². The number of amides is 1. The Morgan fingerprint density at radius 1 is 1.09 bits per heavy atom. The van der Waals surface area contributed by atoms with Crippen LogP contribution in [0.1, 0.15) is 50.5 Å². The second-order valence-electron chi connectivity index (χ2n) is 8.36. The van der Waals surface area contributed by atoms with E-state index in [2.05, 4.69) is 5.32 Å². The predicted octanol–water partition coefficient (Wildman–Crippen LogP) is 7.13. The lowest BCUT2D eigenvalue weighted by atomic mass is 9.95. The standard InChI is InChI=1S/C28H25ClN2O3S/c29-24-9-3-1-6-20(24)18-34-21-13-11-19(12-14-21)16-31-28-26(23-8-2-4-10-25(23)35-28)27(32)30-17-22-7-5-15-33-22/h1,3,5-7,9,11-16H,2,4,8,10,17-18H2,(H,30,32). The maximum Gasteiger partial charge on any atom is 0.255 e. The number of hydrogen-bond acceptors (Lipinski definition) is 5. The highest BCUT2D eigenvalue weighted by atomic mass is 35.5. The molecule has 35 heavy (non-hydrogen) atoms. The summed E-state index contributed by atoms with van der Waals surface area (Å²) < 4.78 is 11.2. The van der Waals surface area contributed by atoms with Crippen LogP contribution in [0, 0.1) is 0 Å². The number of aliphatic imine (C=N–C) groups is 1. The number of benzene rings is 2. The second kappa shape index (κ2) is 10.9. The number of fused-ring (bicyclic) bond motifs is 1. The van der Waals surface area contributed by atoms with E-state index in [9.17, 15) is 4.79 Å². The molecule has 1 N–H and O–H groups in total. The van der Waals surface area contributed by atoms with Gasteiger partial charge in [-0.25, -0.2) is 4.99 Å². The van der Waals surface area contributed by atoms with Gasteiger partial charge in [-0.1, -0.05) is 29.8 Å². The van der Waals surface area contributed by atoms with E-state index in [-0.39, 0.29) is 5.91 Å². The van der Waals surface area contributed by atoms with Gasteiger partial charge in [-0.05, 0) is 79.3 Å². The lowest BCUT2D eigenvalue weighted by Gasteiger charge is -2.12. The molecular formula is C28H25ClN2O3S. The molecule has 0 fully saturated rings. The van der Waals surface area contributed by atoms with Gasteiger partial charge >= 0.3 is 0 Å². The van der Waals surface area contributed by atoms with E-state index in [0.29, 0.717) is 23.7 Å². The molecular weight excluding hydrogens is 480 g/mol. The van der Waals surface area contributed by atoms with Crippen LogP contribution in [0.3, 0.4) is 0 Å². The number of carbonyl (C=O) groups is 1. The summed E-state index contributed by atoms with van der Waals surface area (Å²) in [6, 6.07) is 19.0. The minimum absolute atomic E-state index is 0.101. The summed E-state index contributed by atoms with van der Waals surface area (Å²) >= 11 is 7.83. The first kappa shape index (κ1) is 23.4. The van der Waals surface area contributed by atoms with E-state index >= 15 is 0 Å². The summed E-state index contributed by atoms with van der Waals surface area (Å²) in [5.41, 5.74) is 3.73. The first-order chi connectivity index (χ1) is 17.2. The summed E-state index contributed by atoms with van der Waals surface area (Å²) in [6.07, 6.45) is 7.59. The highest BCUT2D eigenvalue weighted by Gasteiger charge is 2.25. The van der Waals surface area contributed by atoms with Gasteiger partial charge in [0.1, 0.15) is 23.1 Å². The number of hydrogen-bond donors (Lipinski definition) is 1. The molecule has 1 aliphatic carbocycles. The summed E-state index contributed by atoms with van der Waals surface area (Å²) in [6.45, 7) is 0.763. The zero-order valence-electron chi connectivity index (χ0n) is 19.1. The largest absolute Gasteiger partial charge is 0.489 e.